The smallest absolute Gasteiger partial charge is 0.343 e. The van der Waals surface area contributed by atoms with Crippen LogP contribution < -0.4 is 10.6 Å². The number of nitrogens with one attached hydrogen (secondary N) is 2. The van der Waals surface area contributed by atoms with Gasteiger partial charge in [-0.1, -0.05) is 37.3 Å². The molecule has 0 heterocycles. The van der Waals surface area contributed by atoms with Crippen molar-refractivity contribution in [2.24, 2.45) is 0 Å². The zero-order chi connectivity index (χ0) is 19.9. The van der Waals surface area contributed by atoms with Crippen molar-refractivity contribution in [3.05, 3.63) is 71.3 Å². The summed E-state index contributed by atoms with van der Waals surface area (Å²) in [7, 11) is 0. The molecule has 0 spiro atoms. The fraction of sp³-hybridized carbons (Fsp3) is 0.200. The molecule has 2 aromatic rings. The SMILES string of the molecule is CCc1ccc(/C=C/C(=O)Nc2cccc(C(=O)NCC(F)(F)F)c2)cc1. The standard InChI is InChI=1S/C20H19F3N2O2/c1-2-14-6-8-15(9-7-14)10-11-18(26)25-17-5-3-4-16(12-17)19(27)24-13-20(21,22)23/h3-12H,2,13H2,1H3,(H,24,27)(H,25,26)/b11-10+. The van der Waals surface area contributed by atoms with E-state index in [0.29, 0.717) is 5.69 Å². The summed E-state index contributed by atoms with van der Waals surface area (Å²) in [4.78, 5) is 23.8. The summed E-state index contributed by atoms with van der Waals surface area (Å²) in [5, 5.41) is 4.36. The maximum absolute atomic E-state index is 12.2. The number of hydrogen-bond acceptors (Lipinski definition) is 2. The Morgan fingerprint density at radius 3 is 2.41 bits per heavy atom. The highest BCUT2D eigenvalue weighted by molar-refractivity contribution is 6.03. The van der Waals surface area contributed by atoms with E-state index in [-0.39, 0.29) is 5.56 Å². The van der Waals surface area contributed by atoms with Gasteiger partial charge in [-0.3, -0.25) is 9.59 Å². The number of halogens is 3. The second-order valence-electron chi connectivity index (χ2n) is 5.80. The first-order chi connectivity index (χ1) is 12.8. The predicted octanol–water partition coefficient (Wildman–Crippen LogP) is 4.19. The number of carbonyl (C=O) groups excluding carboxylic acids is 2. The predicted molar refractivity (Wildman–Crippen MR) is 98.3 cm³/mol. The zero-order valence-electron chi connectivity index (χ0n) is 14.6. The molecule has 2 rings (SSSR count). The lowest BCUT2D eigenvalue weighted by molar-refractivity contribution is -0.123. The quantitative estimate of drug-likeness (QED) is 0.743. The number of carbonyl (C=O) groups is 2. The van der Waals surface area contributed by atoms with Gasteiger partial charge in [-0.2, -0.15) is 13.2 Å². The van der Waals surface area contributed by atoms with Crippen molar-refractivity contribution >= 4 is 23.6 Å². The van der Waals surface area contributed by atoms with Gasteiger partial charge in [-0.25, -0.2) is 0 Å². The monoisotopic (exact) mass is 376 g/mol. The molecule has 0 aromatic heterocycles. The maximum Gasteiger partial charge on any atom is 0.405 e. The van der Waals surface area contributed by atoms with Crippen LogP contribution in [0.15, 0.2) is 54.6 Å². The summed E-state index contributed by atoms with van der Waals surface area (Å²) in [6.07, 6.45) is -0.564. The molecule has 0 unspecified atom stereocenters. The molecule has 0 saturated carbocycles. The van der Waals surface area contributed by atoms with E-state index in [4.69, 9.17) is 0 Å². The highest BCUT2D eigenvalue weighted by Gasteiger charge is 2.27. The van der Waals surface area contributed by atoms with Crippen LogP contribution in [0.5, 0.6) is 0 Å². The largest absolute Gasteiger partial charge is 0.405 e. The number of rotatable bonds is 6. The molecule has 2 N–H and O–H groups in total. The Morgan fingerprint density at radius 1 is 1.07 bits per heavy atom. The maximum atomic E-state index is 12.2. The van der Waals surface area contributed by atoms with Gasteiger partial charge >= 0.3 is 6.18 Å². The van der Waals surface area contributed by atoms with Crippen LogP contribution in [0.1, 0.15) is 28.4 Å². The first-order valence-corrected chi connectivity index (χ1v) is 8.30. The second-order valence-corrected chi connectivity index (χ2v) is 5.80. The van der Waals surface area contributed by atoms with Gasteiger partial charge in [0.05, 0.1) is 0 Å². The molecule has 0 bridgehead atoms. The molecule has 0 aliphatic heterocycles. The zero-order valence-corrected chi connectivity index (χ0v) is 14.6. The first kappa shape index (κ1) is 20.2. The van der Waals surface area contributed by atoms with Gasteiger partial charge in [0.2, 0.25) is 5.91 Å². The van der Waals surface area contributed by atoms with Gasteiger partial charge in [0, 0.05) is 17.3 Å². The third-order valence-electron chi connectivity index (χ3n) is 3.66. The lowest BCUT2D eigenvalue weighted by Crippen LogP contribution is -2.33. The van der Waals surface area contributed by atoms with E-state index in [0.717, 1.165) is 12.0 Å². The molecule has 0 fully saturated rings. The Labute approximate surface area is 155 Å². The van der Waals surface area contributed by atoms with Gasteiger partial charge in [0.1, 0.15) is 6.54 Å². The Morgan fingerprint density at radius 2 is 1.78 bits per heavy atom. The summed E-state index contributed by atoms with van der Waals surface area (Å²) in [6.45, 7) is 0.637. The van der Waals surface area contributed by atoms with Crippen LogP contribution >= 0.6 is 0 Å². The molecule has 142 valence electrons. The lowest BCUT2D eigenvalue weighted by Gasteiger charge is -2.09. The van der Waals surface area contributed by atoms with Gasteiger partial charge in [0.25, 0.3) is 5.91 Å². The Balaban J connectivity index is 1.97. The molecule has 0 atom stereocenters. The van der Waals surface area contributed by atoms with Crippen molar-refractivity contribution in [2.75, 3.05) is 11.9 Å². The summed E-state index contributed by atoms with van der Waals surface area (Å²) in [6, 6.07) is 13.4. The third-order valence-corrected chi connectivity index (χ3v) is 3.66. The minimum absolute atomic E-state index is 0.0242. The van der Waals surface area contributed by atoms with Gasteiger partial charge in [0.15, 0.2) is 0 Å². The van der Waals surface area contributed by atoms with Crippen molar-refractivity contribution in [3.63, 3.8) is 0 Å². The van der Waals surface area contributed by atoms with Gasteiger partial charge in [-0.05, 0) is 41.8 Å². The normalized spacial score (nSPS) is 11.4. The van der Waals surface area contributed by atoms with Gasteiger partial charge < -0.3 is 10.6 Å². The molecular weight excluding hydrogens is 357 g/mol. The summed E-state index contributed by atoms with van der Waals surface area (Å²) < 4.78 is 36.5. The van der Waals surface area contributed by atoms with Crippen LogP contribution in [0.2, 0.25) is 0 Å². The van der Waals surface area contributed by atoms with E-state index in [2.05, 4.69) is 12.2 Å². The number of anilines is 1. The van der Waals surface area contributed by atoms with Crippen LogP contribution in [-0.4, -0.2) is 24.5 Å². The van der Waals surface area contributed by atoms with Crippen molar-refractivity contribution < 1.29 is 22.8 Å². The molecule has 2 amide bonds. The molecule has 7 heteroatoms. The summed E-state index contributed by atoms with van der Waals surface area (Å²) >= 11 is 0. The number of aryl methyl sites for hydroxylation is 1. The average Bonchev–Trinajstić information content (AvgIpc) is 2.64. The van der Waals surface area contributed by atoms with Crippen molar-refractivity contribution in [1.82, 2.24) is 5.32 Å². The molecule has 27 heavy (non-hydrogen) atoms. The molecule has 0 radical (unpaired) electrons. The number of alkyl halides is 3. The molecular formula is C20H19F3N2O2. The van der Waals surface area contributed by atoms with Crippen molar-refractivity contribution in [1.29, 1.82) is 0 Å². The number of amides is 2. The minimum atomic E-state index is -4.48. The highest BCUT2D eigenvalue weighted by Crippen LogP contribution is 2.14. The van der Waals surface area contributed by atoms with Crippen LogP contribution in [0.3, 0.4) is 0 Å². The van der Waals surface area contributed by atoms with E-state index in [1.165, 1.54) is 29.8 Å². The Bertz CT molecular complexity index is 828. The van der Waals surface area contributed by atoms with Crippen LogP contribution in [0.25, 0.3) is 6.08 Å². The van der Waals surface area contributed by atoms with E-state index in [1.54, 1.807) is 17.5 Å². The van der Waals surface area contributed by atoms with Crippen molar-refractivity contribution in [3.8, 4) is 0 Å². The lowest BCUT2D eigenvalue weighted by atomic mass is 10.1. The van der Waals surface area contributed by atoms with Crippen LogP contribution in [0.4, 0.5) is 18.9 Å². The molecule has 0 aliphatic carbocycles. The summed E-state index contributed by atoms with van der Waals surface area (Å²) in [5.41, 5.74) is 2.39. The Hall–Kier alpha value is -3.09. The molecule has 2 aromatic carbocycles. The van der Waals surface area contributed by atoms with Crippen LogP contribution in [-0.2, 0) is 11.2 Å². The first-order valence-electron chi connectivity index (χ1n) is 8.30. The van der Waals surface area contributed by atoms with E-state index in [9.17, 15) is 22.8 Å². The van der Waals surface area contributed by atoms with E-state index >= 15 is 0 Å². The third kappa shape index (κ3) is 6.97. The number of hydrogen-bond donors (Lipinski definition) is 2. The topological polar surface area (TPSA) is 58.2 Å². The molecule has 4 nitrogen and oxygen atoms in total. The number of benzene rings is 2. The molecule has 0 saturated heterocycles. The fourth-order valence-corrected chi connectivity index (χ4v) is 2.24. The molecule has 0 aliphatic rings. The van der Waals surface area contributed by atoms with Crippen molar-refractivity contribution in [2.45, 2.75) is 19.5 Å². The fourth-order valence-electron chi connectivity index (χ4n) is 2.24. The highest BCUT2D eigenvalue weighted by atomic mass is 19.4. The van der Waals surface area contributed by atoms with Crippen LogP contribution in [0, 0.1) is 0 Å². The second kappa shape index (κ2) is 9.02. The minimum Gasteiger partial charge on any atom is -0.343 e. The van der Waals surface area contributed by atoms with E-state index < -0.39 is 24.5 Å². The van der Waals surface area contributed by atoms with Gasteiger partial charge in [-0.15, -0.1) is 0 Å². The Kier molecular flexibility index (Phi) is 6.76. The summed E-state index contributed by atoms with van der Waals surface area (Å²) in [5.74, 6) is -1.28. The van der Waals surface area contributed by atoms with E-state index in [1.807, 2.05) is 24.3 Å². The average molecular weight is 376 g/mol.